The number of rotatable bonds is 4. The Labute approximate surface area is 85.4 Å². The number of hydrogen-bond acceptors (Lipinski definition) is 3. The quantitative estimate of drug-likeness (QED) is 0.734. The molecule has 0 aromatic rings. The van der Waals surface area contributed by atoms with Crippen molar-refractivity contribution in [1.82, 2.24) is 5.32 Å². The molecule has 0 aromatic carbocycles. The second-order valence-corrected chi connectivity index (χ2v) is 4.67. The third-order valence-electron chi connectivity index (χ3n) is 3.37. The molecule has 1 N–H and O–H groups in total. The zero-order valence-corrected chi connectivity index (χ0v) is 8.59. The van der Waals surface area contributed by atoms with Crippen molar-refractivity contribution in [1.29, 1.82) is 5.26 Å². The van der Waals surface area contributed by atoms with E-state index < -0.39 is 0 Å². The highest BCUT2D eigenvalue weighted by atomic mass is 16.5. The standard InChI is InChI=1S/C11H18N2O/c12-6-11(8-14-9-11)7-13-5-10-3-1-2-4-10/h10,13H,1-5,7-9H2. The normalized spacial score (nSPS) is 25.6. The number of nitriles is 1. The summed E-state index contributed by atoms with van der Waals surface area (Å²) in [6.07, 6.45) is 5.50. The van der Waals surface area contributed by atoms with Crippen molar-refractivity contribution in [3.8, 4) is 6.07 Å². The highest BCUT2D eigenvalue weighted by Crippen LogP contribution is 2.27. The van der Waals surface area contributed by atoms with Gasteiger partial charge in [0.25, 0.3) is 0 Å². The van der Waals surface area contributed by atoms with Crippen LogP contribution in [0.5, 0.6) is 0 Å². The molecule has 2 aliphatic rings. The van der Waals surface area contributed by atoms with Crippen LogP contribution in [0.1, 0.15) is 25.7 Å². The van der Waals surface area contributed by atoms with Crippen molar-refractivity contribution in [3.63, 3.8) is 0 Å². The molecule has 0 unspecified atom stereocenters. The summed E-state index contributed by atoms with van der Waals surface area (Å²) in [5.74, 6) is 0.853. The van der Waals surface area contributed by atoms with Gasteiger partial charge >= 0.3 is 0 Å². The van der Waals surface area contributed by atoms with Crippen molar-refractivity contribution in [3.05, 3.63) is 0 Å². The number of ether oxygens (including phenoxy) is 1. The van der Waals surface area contributed by atoms with Gasteiger partial charge in [0.2, 0.25) is 0 Å². The van der Waals surface area contributed by atoms with Crippen LogP contribution in [0.15, 0.2) is 0 Å². The molecule has 2 rings (SSSR count). The highest BCUT2D eigenvalue weighted by molar-refractivity contribution is 5.05. The largest absolute Gasteiger partial charge is 0.378 e. The Morgan fingerprint density at radius 3 is 2.57 bits per heavy atom. The Hall–Kier alpha value is -0.590. The fourth-order valence-electron chi connectivity index (χ4n) is 2.28. The Balaban J connectivity index is 1.64. The zero-order valence-electron chi connectivity index (χ0n) is 8.59. The molecule has 1 aliphatic carbocycles. The minimum Gasteiger partial charge on any atom is -0.378 e. The van der Waals surface area contributed by atoms with E-state index in [9.17, 15) is 0 Å². The molecule has 14 heavy (non-hydrogen) atoms. The molecule has 0 spiro atoms. The monoisotopic (exact) mass is 194 g/mol. The van der Waals surface area contributed by atoms with Crippen molar-refractivity contribution < 1.29 is 4.74 Å². The van der Waals surface area contributed by atoms with Gasteiger partial charge in [0.05, 0.1) is 19.3 Å². The lowest BCUT2D eigenvalue weighted by Crippen LogP contribution is -2.49. The average molecular weight is 194 g/mol. The van der Waals surface area contributed by atoms with Gasteiger partial charge in [-0.05, 0) is 25.3 Å². The van der Waals surface area contributed by atoms with Crippen molar-refractivity contribution in [2.24, 2.45) is 11.3 Å². The second-order valence-electron chi connectivity index (χ2n) is 4.67. The highest BCUT2D eigenvalue weighted by Gasteiger charge is 2.38. The zero-order chi connectivity index (χ0) is 9.86. The van der Waals surface area contributed by atoms with Crippen LogP contribution in [0.2, 0.25) is 0 Å². The molecule has 1 aliphatic heterocycles. The van der Waals surface area contributed by atoms with Crippen LogP contribution in [0, 0.1) is 22.7 Å². The van der Waals surface area contributed by atoms with Crippen molar-refractivity contribution in [2.45, 2.75) is 25.7 Å². The molecule has 0 bridgehead atoms. The number of hydrogen-bond donors (Lipinski definition) is 1. The third-order valence-corrected chi connectivity index (χ3v) is 3.37. The van der Waals surface area contributed by atoms with Crippen LogP contribution in [0.3, 0.4) is 0 Å². The van der Waals surface area contributed by atoms with Crippen molar-refractivity contribution >= 4 is 0 Å². The SMILES string of the molecule is N#CC1(CNCC2CCCC2)COC1. The molecule has 78 valence electrons. The van der Waals surface area contributed by atoms with Gasteiger partial charge in [-0.1, -0.05) is 12.8 Å². The molecule has 0 radical (unpaired) electrons. The Morgan fingerprint density at radius 1 is 1.36 bits per heavy atom. The Kier molecular flexibility index (Phi) is 3.05. The van der Waals surface area contributed by atoms with E-state index in [0.717, 1.165) is 19.0 Å². The van der Waals surface area contributed by atoms with Gasteiger partial charge in [-0.3, -0.25) is 0 Å². The van der Waals surface area contributed by atoms with E-state index >= 15 is 0 Å². The maximum atomic E-state index is 8.96. The lowest BCUT2D eigenvalue weighted by Gasteiger charge is -2.35. The first-order valence-corrected chi connectivity index (χ1v) is 5.54. The third kappa shape index (κ3) is 2.08. The van der Waals surface area contributed by atoms with Crippen molar-refractivity contribution in [2.75, 3.05) is 26.3 Å². The average Bonchev–Trinajstić information content (AvgIpc) is 2.62. The Bertz CT molecular complexity index is 224. The smallest absolute Gasteiger partial charge is 0.116 e. The predicted molar refractivity (Wildman–Crippen MR) is 53.7 cm³/mol. The maximum Gasteiger partial charge on any atom is 0.116 e. The Morgan fingerprint density at radius 2 is 2.07 bits per heavy atom. The second kappa shape index (κ2) is 4.29. The summed E-state index contributed by atoms with van der Waals surface area (Å²) >= 11 is 0. The fourth-order valence-corrected chi connectivity index (χ4v) is 2.28. The molecular weight excluding hydrogens is 176 g/mol. The van der Waals surface area contributed by atoms with Gasteiger partial charge in [0, 0.05) is 6.54 Å². The predicted octanol–water partition coefficient (Wildman–Crippen LogP) is 1.31. The number of nitrogens with one attached hydrogen (secondary N) is 1. The topological polar surface area (TPSA) is 45.0 Å². The van der Waals surface area contributed by atoms with Crippen LogP contribution >= 0.6 is 0 Å². The first-order valence-electron chi connectivity index (χ1n) is 5.54. The maximum absolute atomic E-state index is 8.96. The van der Waals surface area contributed by atoms with E-state index in [0.29, 0.717) is 13.2 Å². The van der Waals surface area contributed by atoms with Gasteiger partial charge in [-0.2, -0.15) is 5.26 Å². The molecule has 0 atom stereocenters. The molecule has 0 amide bonds. The van der Waals surface area contributed by atoms with E-state index in [1.807, 2.05) is 0 Å². The summed E-state index contributed by atoms with van der Waals surface area (Å²) in [4.78, 5) is 0. The number of nitrogens with zero attached hydrogens (tertiary/aromatic N) is 1. The van der Waals surface area contributed by atoms with Crippen LogP contribution < -0.4 is 5.32 Å². The fraction of sp³-hybridized carbons (Fsp3) is 0.909. The van der Waals surface area contributed by atoms with E-state index in [4.69, 9.17) is 10.00 Å². The summed E-state index contributed by atoms with van der Waals surface area (Å²) in [7, 11) is 0. The summed E-state index contributed by atoms with van der Waals surface area (Å²) in [6, 6.07) is 2.35. The molecule has 2 fully saturated rings. The van der Waals surface area contributed by atoms with Crippen LogP contribution in [0.4, 0.5) is 0 Å². The molecular formula is C11H18N2O. The molecule has 1 saturated heterocycles. The summed E-state index contributed by atoms with van der Waals surface area (Å²) in [5, 5.41) is 12.4. The first kappa shape index (κ1) is 9.95. The molecule has 3 nitrogen and oxygen atoms in total. The van der Waals surface area contributed by atoms with E-state index in [-0.39, 0.29) is 5.41 Å². The van der Waals surface area contributed by atoms with E-state index in [1.54, 1.807) is 0 Å². The van der Waals surface area contributed by atoms with Gasteiger partial charge in [0.1, 0.15) is 5.41 Å². The first-order chi connectivity index (χ1) is 6.85. The lowest BCUT2D eigenvalue weighted by atomic mass is 9.88. The minimum absolute atomic E-state index is 0.210. The van der Waals surface area contributed by atoms with E-state index in [2.05, 4.69) is 11.4 Å². The molecule has 0 aromatic heterocycles. The summed E-state index contributed by atoms with van der Waals surface area (Å²) < 4.78 is 5.09. The summed E-state index contributed by atoms with van der Waals surface area (Å²) in [5.41, 5.74) is -0.210. The van der Waals surface area contributed by atoms with Gasteiger partial charge in [-0.25, -0.2) is 0 Å². The van der Waals surface area contributed by atoms with Crippen LogP contribution in [-0.2, 0) is 4.74 Å². The molecule has 3 heteroatoms. The van der Waals surface area contributed by atoms with Crippen LogP contribution in [-0.4, -0.2) is 26.3 Å². The molecule has 1 heterocycles. The van der Waals surface area contributed by atoms with Gasteiger partial charge in [-0.15, -0.1) is 0 Å². The van der Waals surface area contributed by atoms with Crippen LogP contribution in [0.25, 0.3) is 0 Å². The minimum atomic E-state index is -0.210. The lowest BCUT2D eigenvalue weighted by molar-refractivity contribution is -0.0756. The van der Waals surface area contributed by atoms with Gasteiger partial charge in [0.15, 0.2) is 0 Å². The summed E-state index contributed by atoms with van der Waals surface area (Å²) in [6.45, 7) is 3.12. The van der Waals surface area contributed by atoms with E-state index in [1.165, 1.54) is 25.7 Å². The molecule has 1 saturated carbocycles. The van der Waals surface area contributed by atoms with Gasteiger partial charge < -0.3 is 10.1 Å².